The van der Waals surface area contributed by atoms with Crippen molar-refractivity contribution in [2.24, 2.45) is 5.92 Å². The smallest absolute Gasteiger partial charge is 0.251 e. The Morgan fingerprint density at radius 3 is 2.38 bits per heavy atom. The molecule has 0 saturated heterocycles. The Labute approximate surface area is 171 Å². The molecule has 1 amide bonds. The molecule has 29 heavy (non-hydrogen) atoms. The third kappa shape index (κ3) is 4.94. The molecule has 8 heteroatoms. The number of hydrogen-bond donors (Lipinski definition) is 1. The van der Waals surface area contributed by atoms with E-state index in [-0.39, 0.29) is 23.4 Å². The number of carbonyl (C=O) groups excluding carboxylic acids is 1. The lowest BCUT2D eigenvalue weighted by atomic mass is 10.0. The van der Waals surface area contributed by atoms with Crippen LogP contribution < -0.4 is 10.9 Å². The molecular weight excluding hydrogens is 390 g/mol. The molecule has 1 N–H and O–H groups in total. The van der Waals surface area contributed by atoms with Gasteiger partial charge in [0.15, 0.2) is 0 Å². The minimum atomic E-state index is -3.70. The third-order valence-corrected chi connectivity index (χ3v) is 7.22. The molecule has 7 nitrogen and oxygen atoms in total. The predicted octanol–water partition coefficient (Wildman–Crippen LogP) is 2.15. The highest BCUT2D eigenvalue weighted by Gasteiger charge is 2.33. The summed E-state index contributed by atoms with van der Waals surface area (Å²) < 4.78 is 27.9. The molecule has 2 aromatic rings. The van der Waals surface area contributed by atoms with E-state index in [1.54, 1.807) is 13.8 Å². The Morgan fingerprint density at radius 2 is 1.79 bits per heavy atom. The fourth-order valence-corrected chi connectivity index (χ4v) is 4.91. The van der Waals surface area contributed by atoms with E-state index in [2.05, 4.69) is 5.32 Å². The van der Waals surface area contributed by atoms with Gasteiger partial charge in [-0.1, -0.05) is 44.2 Å². The SMILES string of the molecule is CCN(CC)S(=O)(=O)c1ccc(=O)n(CC(=O)NC(c2ccccc2)C2CC2)c1. The van der Waals surface area contributed by atoms with E-state index < -0.39 is 15.6 Å². The van der Waals surface area contributed by atoms with Crippen LogP contribution in [0.5, 0.6) is 0 Å². The lowest BCUT2D eigenvalue weighted by Gasteiger charge is -2.20. The van der Waals surface area contributed by atoms with Crippen molar-refractivity contribution < 1.29 is 13.2 Å². The molecule has 1 aromatic carbocycles. The molecule has 1 atom stereocenters. The summed E-state index contributed by atoms with van der Waals surface area (Å²) in [6.07, 6.45) is 3.36. The van der Waals surface area contributed by atoms with Gasteiger partial charge in [0.25, 0.3) is 5.56 Å². The van der Waals surface area contributed by atoms with Crippen LogP contribution in [0.2, 0.25) is 0 Å². The van der Waals surface area contributed by atoms with Crippen molar-refractivity contribution in [1.29, 1.82) is 0 Å². The number of carbonyl (C=O) groups is 1. The molecule has 1 aliphatic rings. The van der Waals surface area contributed by atoms with Crippen molar-refractivity contribution in [3.8, 4) is 0 Å². The van der Waals surface area contributed by atoms with Crippen LogP contribution in [0.4, 0.5) is 0 Å². The van der Waals surface area contributed by atoms with Gasteiger partial charge in [0, 0.05) is 25.4 Å². The Kier molecular flexibility index (Phi) is 6.54. The summed E-state index contributed by atoms with van der Waals surface area (Å²) in [5, 5.41) is 3.02. The molecule has 0 bridgehead atoms. The van der Waals surface area contributed by atoms with E-state index >= 15 is 0 Å². The molecule has 3 rings (SSSR count). The van der Waals surface area contributed by atoms with Gasteiger partial charge in [-0.25, -0.2) is 8.42 Å². The van der Waals surface area contributed by atoms with E-state index in [9.17, 15) is 18.0 Å². The second-order valence-electron chi connectivity index (χ2n) is 7.21. The summed E-state index contributed by atoms with van der Waals surface area (Å²) in [4.78, 5) is 24.9. The maximum absolute atomic E-state index is 12.7. The quantitative estimate of drug-likeness (QED) is 0.677. The van der Waals surface area contributed by atoms with Gasteiger partial charge in [-0.15, -0.1) is 0 Å². The van der Waals surface area contributed by atoms with Crippen molar-refractivity contribution >= 4 is 15.9 Å². The van der Waals surface area contributed by atoms with Gasteiger partial charge in [0.05, 0.1) is 10.9 Å². The number of rotatable bonds is 9. The van der Waals surface area contributed by atoms with E-state index in [4.69, 9.17) is 0 Å². The molecular formula is C21H27N3O4S. The van der Waals surface area contributed by atoms with Crippen LogP contribution in [0.3, 0.4) is 0 Å². The highest BCUT2D eigenvalue weighted by molar-refractivity contribution is 7.89. The molecule has 156 valence electrons. The number of sulfonamides is 1. The van der Waals surface area contributed by atoms with Crippen molar-refractivity contribution in [3.05, 3.63) is 64.6 Å². The van der Waals surface area contributed by atoms with Gasteiger partial charge in [0.1, 0.15) is 6.54 Å². The Morgan fingerprint density at radius 1 is 1.14 bits per heavy atom. The van der Waals surface area contributed by atoms with Gasteiger partial charge >= 0.3 is 0 Å². The summed E-state index contributed by atoms with van der Waals surface area (Å²) in [5.41, 5.74) is 0.620. The maximum Gasteiger partial charge on any atom is 0.251 e. The minimum Gasteiger partial charge on any atom is -0.347 e. The van der Waals surface area contributed by atoms with Gasteiger partial charge in [-0.2, -0.15) is 4.31 Å². The summed E-state index contributed by atoms with van der Waals surface area (Å²) in [7, 11) is -3.70. The molecule has 1 aromatic heterocycles. The number of nitrogens with zero attached hydrogens (tertiary/aromatic N) is 2. The summed E-state index contributed by atoms with van der Waals surface area (Å²) in [6.45, 7) is 3.95. The van der Waals surface area contributed by atoms with E-state index in [0.29, 0.717) is 19.0 Å². The molecule has 1 saturated carbocycles. The Hall–Kier alpha value is -2.45. The molecule has 1 aliphatic carbocycles. The Bertz CT molecular complexity index is 1010. The highest BCUT2D eigenvalue weighted by atomic mass is 32.2. The van der Waals surface area contributed by atoms with Crippen LogP contribution in [0.1, 0.15) is 38.3 Å². The maximum atomic E-state index is 12.7. The largest absolute Gasteiger partial charge is 0.347 e. The van der Waals surface area contributed by atoms with Crippen molar-refractivity contribution in [1.82, 2.24) is 14.2 Å². The number of hydrogen-bond acceptors (Lipinski definition) is 4. The lowest BCUT2D eigenvalue weighted by Crippen LogP contribution is -2.36. The zero-order valence-electron chi connectivity index (χ0n) is 16.7. The molecule has 0 spiro atoms. The van der Waals surface area contributed by atoms with Crippen molar-refractivity contribution in [3.63, 3.8) is 0 Å². The number of nitrogens with one attached hydrogen (secondary N) is 1. The second-order valence-corrected chi connectivity index (χ2v) is 9.15. The van der Waals surface area contributed by atoms with Crippen LogP contribution in [0.25, 0.3) is 0 Å². The Balaban J connectivity index is 1.79. The lowest BCUT2D eigenvalue weighted by molar-refractivity contribution is -0.122. The average molecular weight is 418 g/mol. The van der Waals surface area contributed by atoms with Gasteiger partial charge < -0.3 is 9.88 Å². The van der Waals surface area contributed by atoms with Crippen LogP contribution in [0, 0.1) is 5.92 Å². The fraction of sp³-hybridized carbons (Fsp3) is 0.429. The first-order valence-corrected chi connectivity index (χ1v) is 11.4. The number of amides is 1. The van der Waals surface area contributed by atoms with Crippen LogP contribution in [-0.4, -0.2) is 36.3 Å². The van der Waals surface area contributed by atoms with E-state index in [1.807, 2.05) is 30.3 Å². The molecule has 0 aliphatic heterocycles. The van der Waals surface area contributed by atoms with E-state index in [1.165, 1.54) is 22.6 Å². The molecule has 0 radical (unpaired) electrons. The van der Waals surface area contributed by atoms with Crippen LogP contribution in [0.15, 0.2) is 58.4 Å². The molecule has 1 fully saturated rings. The standard InChI is InChI=1S/C21H27N3O4S/c1-3-24(4-2)29(27,28)18-12-13-20(26)23(14-18)15-19(25)22-21(17-10-11-17)16-8-6-5-7-9-16/h5-9,12-14,17,21H,3-4,10-11,15H2,1-2H3,(H,22,25). The summed E-state index contributed by atoms with van der Waals surface area (Å²) in [5.74, 6) is 0.0812. The minimum absolute atomic E-state index is 0.00963. The molecule has 1 unspecified atom stereocenters. The number of pyridine rings is 1. The first-order chi connectivity index (χ1) is 13.9. The predicted molar refractivity (Wildman–Crippen MR) is 111 cm³/mol. The van der Waals surface area contributed by atoms with Crippen molar-refractivity contribution in [2.45, 2.75) is 44.2 Å². The monoisotopic (exact) mass is 417 g/mol. The van der Waals surface area contributed by atoms with Gasteiger partial charge in [0.2, 0.25) is 15.9 Å². The summed E-state index contributed by atoms with van der Waals surface area (Å²) >= 11 is 0. The average Bonchev–Trinajstić information content (AvgIpc) is 3.54. The van der Waals surface area contributed by atoms with Gasteiger partial charge in [-0.05, 0) is 30.4 Å². The topological polar surface area (TPSA) is 88.5 Å². The zero-order valence-corrected chi connectivity index (χ0v) is 17.6. The van der Waals surface area contributed by atoms with Crippen molar-refractivity contribution in [2.75, 3.05) is 13.1 Å². The summed E-state index contributed by atoms with van der Waals surface area (Å²) in [6, 6.07) is 12.1. The number of benzene rings is 1. The zero-order chi connectivity index (χ0) is 21.0. The fourth-order valence-electron chi connectivity index (χ4n) is 3.44. The first kappa shape index (κ1) is 21.3. The van der Waals surface area contributed by atoms with Crippen LogP contribution >= 0.6 is 0 Å². The normalized spacial score (nSPS) is 15.3. The van der Waals surface area contributed by atoms with E-state index in [0.717, 1.165) is 23.0 Å². The highest BCUT2D eigenvalue weighted by Crippen LogP contribution is 2.40. The number of aromatic nitrogens is 1. The third-order valence-electron chi connectivity index (χ3n) is 5.18. The molecule has 1 heterocycles. The van der Waals surface area contributed by atoms with Gasteiger partial charge in [-0.3, -0.25) is 9.59 Å². The first-order valence-electron chi connectivity index (χ1n) is 9.91. The second kappa shape index (κ2) is 8.92. The van der Waals surface area contributed by atoms with Crippen LogP contribution in [-0.2, 0) is 21.4 Å².